The first kappa shape index (κ1) is 16.8. The first-order valence-electron chi connectivity index (χ1n) is 8.87. The Balaban J connectivity index is 1.35. The number of carbonyl (C=O) groups is 1. The number of aromatic nitrogens is 2. The van der Waals surface area contributed by atoms with Crippen molar-refractivity contribution in [2.45, 2.75) is 13.1 Å². The van der Waals surface area contributed by atoms with Gasteiger partial charge in [0, 0.05) is 25.5 Å². The number of rotatable bonds is 5. The van der Waals surface area contributed by atoms with Crippen LogP contribution in [0.2, 0.25) is 0 Å². The van der Waals surface area contributed by atoms with Crippen LogP contribution in [-0.2, 0) is 13.1 Å². The first-order chi connectivity index (χ1) is 13.3. The standard InChI is InChI=1S/C22H20N4O/c27-22(24-16-19-9-4-8-18-7-1-2-11-21(18)19)23-15-17-6-3-10-20(14-17)26-13-5-12-25-26/h1-14H,15-16H2,(H2,23,24,27). The molecule has 0 radical (unpaired) electrons. The first-order valence-corrected chi connectivity index (χ1v) is 8.87. The fraction of sp³-hybridized carbons (Fsp3) is 0.0909. The Hall–Kier alpha value is -3.60. The number of fused-ring (bicyclic) bond motifs is 1. The predicted octanol–water partition coefficient (Wildman–Crippen LogP) is 4.02. The summed E-state index contributed by atoms with van der Waals surface area (Å²) in [5.74, 6) is 0. The van der Waals surface area contributed by atoms with Crippen LogP contribution in [0.5, 0.6) is 0 Å². The van der Waals surface area contributed by atoms with E-state index in [0.29, 0.717) is 13.1 Å². The van der Waals surface area contributed by atoms with Crippen molar-refractivity contribution in [1.82, 2.24) is 20.4 Å². The Morgan fingerprint density at radius 1 is 0.889 bits per heavy atom. The summed E-state index contributed by atoms with van der Waals surface area (Å²) in [6, 6.07) is 23.9. The second kappa shape index (κ2) is 7.74. The van der Waals surface area contributed by atoms with Crippen molar-refractivity contribution in [3.8, 4) is 5.69 Å². The van der Waals surface area contributed by atoms with E-state index in [2.05, 4.69) is 33.9 Å². The van der Waals surface area contributed by atoms with Crippen LogP contribution in [0.3, 0.4) is 0 Å². The van der Waals surface area contributed by atoms with Gasteiger partial charge in [0.15, 0.2) is 0 Å². The summed E-state index contributed by atoms with van der Waals surface area (Å²) >= 11 is 0. The maximum atomic E-state index is 12.2. The highest BCUT2D eigenvalue weighted by molar-refractivity contribution is 5.86. The molecule has 5 nitrogen and oxygen atoms in total. The summed E-state index contributed by atoms with van der Waals surface area (Å²) in [6.45, 7) is 0.941. The second-order valence-electron chi connectivity index (χ2n) is 6.30. The number of urea groups is 1. The lowest BCUT2D eigenvalue weighted by molar-refractivity contribution is 0.240. The number of nitrogens with one attached hydrogen (secondary N) is 2. The fourth-order valence-electron chi connectivity index (χ4n) is 3.10. The number of hydrogen-bond donors (Lipinski definition) is 2. The molecule has 4 rings (SSSR count). The molecular formula is C22H20N4O. The summed E-state index contributed by atoms with van der Waals surface area (Å²) in [5.41, 5.74) is 3.09. The van der Waals surface area contributed by atoms with Crippen molar-refractivity contribution in [2.24, 2.45) is 0 Å². The zero-order valence-corrected chi connectivity index (χ0v) is 14.8. The molecule has 0 atom stereocenters. The third-order valence-electron chi connectivity index (χ3n) is 4.45. The van der Waals surface area contributed by atoms with E-state index in [1.165, 1.54) is 5.39 Å². The third kappa shape index (κ3) is 3.98. The van der Waals surface area contributed by atoms with Crippen LogP contribution in [0.15, 0.2) is 85.2 Å². The average molecular weight is 356 g/mol. The number of carbonyl (C=O) groups excluding carboxylic acids is 1. The van der Waals surface area contributed by atoms with Crippen molar-refractivity contribution in [3.05, 3.63) is 96.3 Å². The van der Waals surface area contributed by atoms with Gasteiger partial charge >= 0.3 is 6.03 Å². The molecule has 0 aliphatic carbocycles. The number of amides is 2. The zero-order chi connectivity index (χ0) is 18.5. The van der Waals surface area contributed by atoms with Gasteiger partial charge in [-0.1, -0.05) is 54.6 Å². The molecule has 2 N–H and O–H groups in total. The molecule has 0 unspecified atom stereocenters. The van der Waals surface area contributed by atoms with Gasteiger partial charge in [0.05, 0.1) is 5.69 Å². The maximum absolute atomic E-state index is 12.2. The van der Waals surface area contributed by atoms with Crippen LogP contribution in [-0.4, -0.2) is 15.8 Å². The molecule has 0 saturated carbocycles. The van der Waals surface area contributed by atoms with E-state index in [0.717, 1.165) is 22.2 Å². The van der Waals surface area contributed by atoms with Crippen LogP contribution in [0.4, 0.5) is 4.79 Å². The summed E-state index contributed by atoms with van der Waals surface area (Å²) < 4.78 is 1.80. The smallest absolute Gasteiger partial charge is 0.315 e. The van der Waals surface area contributed by atoms with Gasteiger partial charge in [0.25, 0.3) is 0 Å². The van der Waals surface area contributed by atoms with E-state index < -0.39 is 0 Å². The molecule has 0 saturated heterocycles. The highest BCUT2D eigenvalue weighted by Crippen LogP contribution is 2.18. The van der Waals surface area contributed by atoms with Crippen molar-refractivity contribution in [2.75, 3.05) is 0 Å². The van der Waals surface area contributed by atoms with E-state index in [4.69, 9.17) is 0 Å². The van der Waals surface area contributed by atoms with Gasteiger partial charge in [-0.2, -0.15) is 5.10 Å². The SMILES string of the molecule is O=C(NCc1cccc(-n2cccn2)c1)NCc1cccc2ccccc12. The van der Waals surface area contributed by atoms with E-state index in [9.17, 15) is 4.79 Å². The largest absolute Gasteiger partial charge is 0.334 e. The molecule has 0 aliphatic heterocycles. The normalized spacial score (nSPS) is 10.7. The predicted molar refractivity (Wildman–Crippen MR) is 107 cm³/mol. The molecule has 0 spiro atoms. The van der Waals surface area contributed by atoms with Crippen molar-refractivity contribution < 1.29 is 4.79 Å². The number of nitrogens with zero attached hydrogens (tertiary/aromatic N) is 2. The maximum Gasteiger partial charge on any atom is 0.315 e. The minimum absolute atomic E-state index is 0.188. The Bertz CT molecular complexity index is 1050. The fourth-order valence-corrected chi connectivity index (χ4v) is 3.10. The number of benzene rings is 3. The Kier molecular flexibility index (Phi) is 4.83. The van der Waals surface area contributed by atoms with Gasteiger partial charge < -0.3 is 10.6 Å². The molecule has 134 valence electrons. The molecule has 0 fully saturated rings. The molecular weight excluding hydrogens is 336 g/mol. The van der Waals surface area contributed by atoms with Crippen LogP contribution in [0.1, 0.15) is 11.1 Å². The van der Waals surface area contributed by atoms with E-state index in [1.54, 1.807) is 10.9 Å². The monoisotopic (exact) mass is 356 g/mol. The molecule has 27 heavy (non-hydrogen) atoms. The molecule has 1 heterocycles. The molecule has 2 amide bonds. The van der Waals surface area contributed by atoms with Gasteiger partial charge in [-0.25, -0.2) is 9.48 Å². The quantitative estimate of drug-likeness (QED) is 0.567. The van der Waals surface area contributed by atoms with Crippen LogP contribution >= 0.6 is 0 Å². The van der Waals surface area contributed by atoms with Crippen LogP contribution in [0, 0.1) is 0 Å². The summed E-state index contributed by atoms with van der Waals surface area (Å²) in [7, 11) is 0. The molecule has 4 aromatic rings. The molecule has 5 heteroatoms. The Morgan fingerprint density at radius 3 is 2.59 bits per heavy atom. The lowest BCUT2D eigenvalue weighted by Gasteiger charge is -2.10. The topological polar surface area (TPSA) is 59.0 Å². The molecule has 3 aromatic carbocycles. The van der Waals surface area contributed by atoms with E-state index in [1.807, 2.05) is 60.8 Å². The zero-order valence-electron chi connectivity index (χ0n) is 14.8. The van der Waals surface area contributed by atoms with Crippen LogP contribution in [0.25, 0.3) is 16.5 Å². The summed E-state index contributed by atoms with van der Waals surface area (Å²) in [5, 5.41) is 12.4. The van der Waals surface area contributed by atoms with E-state index >= 15 is 0 Å². The highest BCUT2D eigenvalue weighted by Gasteiger charge is 2.05. The minimum Gasteiger partial charge on any atom is -0.334 e. The summed E-state index contributed by atoms with van der Waals surface area (Å²) in [6.07, 6.45) is 3.63. The van der Waals surface area contributed by atoms with Gasteiger partial charge in [-0.05, 0) is 40.1 Å². The lowest BCUT2D eigenvalue weighted by atomic mass is 10.0. The van der Waals surface area contributed by atoms with Gasteiger partial charge in [-0.3, -0.25) is 0 Å². The highest BCUT2D eigenvalue weighted by atomic mass is 16.2. The van der Waals surface area contributed by atoms with Crippen molar-refractivity contribution in [3.63, 3.8) is 0 Å². The second-order valence-corrected chi connectivity index (χ2v) is 6.30. The average Bonchev–Trinajstić information content (AvgIpc) is 3.26. The molecule has 0 bridgehead atoms. The molecule has 0 aliphatic rings. The van der Waals surface area contributed by atoms with Gasteiger partial charge in [0.2, 0.25) is 0 Å². The Labute approximate surface area is 157 Å². The lowest BCUT2D eigenvalue weighted by Crippen LogP contribution is -2.34. The van der Waals surface area contributed by atoms with Crippen molar-refractivity contribution >= 4 is 16.8 Å². The summed E-state index contributed by atoms with van der Waals surface area (Å²) in [4.78, 5) is 12.2. The third-order valence-corrected chi connectivity index (χ3v) is 4.45. The van der Waals surface area contributed by atoms with Crippen molar-refractivity contribution in [1.29, 1.82) is 0 Å². The minimum atomic E-state index is -0.188. The molecule has 1 aromatic heterocycles. The van der Waals surface area contributed by atoms with Gasteiger partial charge in [0.1, 0.15) is 0 Å². The van der Waals surface area contributed by atoms with Gasteiger partial charge in [-0.15, -0.1) is 0 Å². The van der Waals surface area contributed by atoms with Crippen LogP contribution < -0.4 is 10.6 Å². The van der Waals surface area contributed by atoms with E-state index in [-0.39, 0.29) is 6.03 Å². The number of hydrogen-bond acceptors (Lipinski definition) is 2. The Morgan fingerprint density at radius 2 is 1.70 bits per heavy atom.